The summed E-state index contributed by atoms with van der Waals surface area (Å²) in [4.78, 5) is 9.08. The number of ether oxygens (including phenoxy) is 1. The maximum atomic E-state index is 6.25. The van der Waals surface area contributed by atoms with Crippen molar-refractivity contribution < 1.29 is 9.15 Å². The molecule has 0 aliphatic carbocycles. The molecule has 4 nitrogen and oxygen atoms in total. The first-order valence-corrected chi connectivity index (χ1v) is 9.60. The molecule has 0 unspecified atom stereocenters. The Labute approximate surface area is 162 Å². The molecule has 6 heteroatoms. The lowest BCUT2D eigenvalue weighted by molar-refractivity contribution is 0.0899. The number of nitrogens with zero attached hydrogens (tertiary/aromatic N) is 2. The molecule has 0 saturated carbocycles. The number of rotatable bonds is 5. The Morgan fingerprint density at radius 2 is 1.92 bits per heavy atom. The molecule has 134 valence electrons. The predicted molar refractivity (Wildman–Crippen MR) is 105 cm³/mol. The molecule has 0 amide bonds. The molecule has 3 aromatic rings. The van der Waals surface area contributed by atoms with E-state index in [1.54, 1.807) is 11.8 Å². The third-order valence-corrected chi connectivity index (χ3v) is 5.52. The van der Waals surface area contributed by atoms with Gasteiger partial charge in [0.05, 0.1) is 6.61 Å². The monoisotopic (exact) mass is 386 g/mol. The summed E-state index contributed by atoms with van der Waals surface area (Å²) in [5.41, 5.74) is 2.87. The van der Waals surface area contributed by atoms with Crippen molar-refractivity contribution in [2.24, 2.45) is 0 Å². The molecular weight excluding hydrogens is 368 g/mol. The normalized spacial score (nSPS) is 12.5. The number of benzene rings is 2. The minimum Gasteiger partial charge on any atom is -0.437 e. The summed E-state index contributed by atoms with van der Waals surface area (Å²) in [5, 5.41) is 0.688. The Morgan fingerprint density at radius 1 is 1.12 bits per heavy atom. The second-order valence-electron chi connectivity index (χ2n) is 6.38. The van der Waals surface area contributed by atoms with Gasteiger partial charge in [0, 0.05) is 32.5 Å². The number of fused-ring (bicyclic) bond motifs is 5. The second-order valence-corrected chi connectivity index (χ2v) is 7.90. The minimum absolute atomic E-state index is 0.353. The van der Waals surface area contributed by atoms with Gasteiger partial charge in [0.25, 0.3) is 0 Å². The largest absolute Gasteiger partial charge is 0.437 e. The number of halogens is 1. The maximum Gasteiger partial charge on any atom is 0.221 e. The third-order valence-electron chi connectivity index (χ3n) is 4.13. The van der Waals surface area contributed by atoms with Crippen LogP contribution in [0.2, 0.25) is 5.02 Å². The summed E-state index contributed by atoms with van der Waals surface area (Å²) >= 11 is 7.96. The van der Waals surface area contributed by atoms with Gasteiger partial charge in [-0.3, -0.25) is 0 Å². The van der Waals surface area contributed by atoms with Crippen LogP contribution in [0.1, 0.15) is 5.89 Å². The van der Waals surface area contributed by atoms with Crippen molar-refractivity contribution in [2.45, 2.75) is 16.4 Å². The van der Waals surface area contributed by atoms with E-state index in [1.165, 1.54) is 0 Å². The Balaban J connectivity index is 1.73. The smallest absolute Gasteiger partial charge is 0.221 e. The van der Waals surface area contributed by atoms with Crippen molar-refractivity contribution in [3.8, 4) is 22.6 Å². The lowest BCUT2D eigenvalue weighted by Crippen LogP contribution is -2.17. The van der Waals surface area contributed by atoms with Crippen LogP contribution in [-0.2, 0) is 11.3 Å². The molecule has 1 aliphatic rings. The molecule has 0 radical (unpaired) electrons. The van der Waals surface area contributed by atoms with Crippen LogP contribution in [0, 0.1) is 0 Å². The Kier molecular flexibility index (Phi) is 5.05. The lowest BCUT2D eigenvalue weighted by Gasteiger charge is -2.08. The number of hydrogen-bond donors (Lipinski definition) is 0. The molecule has 4 rings (SSSR count). The topological polar surface area (TPSA) is 38.5 Å². The van der Waals surface area contributed by atoms with Gasteiger partial charge in [0.2, 0.25) is 5.89 Å². The van der Waals surface area contributed by atoms with Crippen LogP contribution in [0.5, 0.6) is 0 Å². The number of aromatic nitrogens is 1. The van der Waals surface area contributed by atoms with E-state index in [9.17, 15) is 0 Å². The number of hydrogen-bond acceptors (Lipinski definition) is 5. The predicted octanol–water partition coefficient (Wildman–Crippen LogP) is 5.20. The van der Waals surface area contributed by atoms with E-state index in [4.69, 9.17) is 25.7 Å². The zero-order chi connectivity index (χ0) is 18.1. The fraction of sp³-hybridized carbons (Fsp3) is 0.250. The highest BCUT2D eigenvalue weighted by Gasteiger charge is 2.25. The van der Waals surface area contributed by atoms with Gasteiger partial charge in [0.1, 0.15) is 12.3 Å². The Morgan fingerprint density at radius 3 is 2.77 bits per heavy atom. The molecule has 0 fully saturated rings. The SMILES string of the molecule is CN(C)CCOCc1nc2c(o1)-c1ccccc1Sc1ccc(Cl)cc1-2. The lowest BCUT2D eigenvalue weighted by atomic mass is 10.1. The average Bonchev–Trinajstić information content (AvgIpc) is 2.99. The van der Waals surface area contributed by atoms with Crippen LogP contribution in [0.25, 0.3) is 22.6 Å². The quantitative estimate of drug-likeness (QED) is 0.440. The fourth-order valence-corrected chi connectivity index (χ4v) is 4.06. The highest BCUT2D eigenvalue weighted by atomic mass is 35.5. The molecule has 0 N–H and O–H groups in total. The molecule has 2 aromatic carbocycles. The second kappa shape index (κ2) is 7.45. The maximum absolute atomic E-state index is 6.25. The molecular formula is C20H19ClN2O2S. The Bertz CT molecular complexity index is 939. The van der Waals surface area contributed by atoms with E-state index in [0.29, 0.717) is 24.1 Å². The summed E-state index contributed by atoms with van der Waals surface area (Å²) < 4.78 is 11.8. The van der Waals surface area contributed by atoms with Gasteiger partial charge in [-0.15, -0.1) is 0 Å². The highest BCUT2D eigenvalue weighted by Crippen LogP contribution is 2.48. The van der Waals surface area contributed by atoms with Gasteiger partial charge in [0.15, 0.2) is 5.76 Å². The van der Waals surface area contributed by atoms with E-state index in [1.807, 2.05) is 44.4 Å². The fourth-order valence-electron chi connectivity index (χ4n) is 2.84. The minimum atomic E-state index is 0.353. The summed E-state index contributed by atoms with van der Waals surface area (Å²) in [6.45, 7) is 1.85. The van der Waals surface area contributed by atoms with Gasteiger partial charge >= 0.3 is 0 Å². The zero-order valence-electron chi connectivity index (χ0n) is 14.7. The summed E-state index contributed by atoms with van der Waals surface area (Å²) in [6.07, 6.45) is 0. The molecule has 1 aliphatic heterocycles. The third kappa shape index (κ3) is 3.53. The molecule has 1 aromatic heterocycles. The highest BCUT2D eigenvalue weighted by molar-refractivity contribution is 7.99. The van der Waals surface area contributed by atoms with Crippen molar-refractivity contribution in [3.63, 3.8) is 0 Å². The van der Waals surface area contributed by atoms with Crippen LogP contribution in [0.15, 0.2) is 56.7 Å². The van der Waals surface area contributed by atoms with Gasteiger partial charge in [-0.1, -0.05) is 41.6 Å². The van der Waals surface area contributed by atoms with Crippen LogP contribution in [-0.4, -0.2) is 37.1 Å². The average molecular weight is 387 g/mol. The van der Waals surface area contributed by atoms with E-state index in [-0.39, 0.29) is 0 Å². The van der Waals surface area contributed by atoms with Crippen molar-refractivity contribution in [3.05, 3.63) is 53.4 Å². The summed E-state index contributed by atoms with van der Waals surface area (Å²) in [6, 6.07) is 14.1. The van der Waals surface area contributed by atoms with Crippen molar-refractivity contribution in [1.29, 1.82) is 0 Å². The van der Waals surface area contributed by atoms with Gasteiger partial charge in [-0.2, -0.15) is 0 Å². The molecule has 0 atom stereocenters. The number of oxazole rings is 1. The molecule has 2 heterocycles. The first kappa shape index (κ1) is 17.6. The number of likely N-dealkylation sites (N-methyl/N-ethyl adjacent to an activating group) is 1. The van der Waals surface area contributed by atoms with Crippen molar-refractivity contribution in [1.82, 2.24) is 9.88 Å². The van der Waals surface area contributed by atoms with E-state index in [2.05, 4.69) is 17.0 Å². The Hall–Kier alpha value is -1.79. The first-order valence-electron chi connectivity index (χ1n) is 8.41. The van der Waals surface area contributed by atoms with Crippen LogP contribution in [0.4, 0.5) is 0 Å². The van der Waals surface area contributed by atoms with Crippen LogP contribution < -0.4 is 0 Å². The van der Waals surface area contributed by atoms with E-state index < -0.39 is 0 Å². The summed E-state index contributed by atoms with van der Waals surface area (Å²) in [5.74, 6) is 1.36. The van der Waals surface area contributed by atoms with Crippen LogP contribution >= 0.6 is 23.4 Å². The molecule has 26 heavy (non-hydrogen) atoms. The van der Waals surface area contributed by atoms with Crippen LogP contribution in [0.3, 0.4) is 0 Å². The van der Waals surface area contributed by atoms with Gasteiger partial charge < -0.3 is 14.1 Å². The van der Waals surface area contributed by atoms with Crippen molar-refractivity contribution >= 4 is 23.4 Å². The molecule has 0 spiro atoms. The zero-order valence-corrected chi connectivity index (χ0v) is 16.2. The van der Waals surface area contributed by atoms with Gasteiger partial charge in [-0.25, -0.2) is 4.98 Å². The first-order chi connectivity index (χ1) is 12.6. The molecule has 0 saturated heterocycles. The standard InChI is InChI=1S/C20H19ClN2O2S/c1-23(2)9-10-24-12-18-22-19-15-11-13(21)7-8-17(15)26-16-6-4-3-5-14(16)20(19)25-18/h3-8,11H,9-10,12H2,1-2H3. The van der Waals surface area contributed by atoms with E-state index >= 15 is 0 Å². The van der Waals surface area contributed by atoms with Crippen molar-refractivity contribution in [2.75, 3.05) is 27.2 Å². The van der Waals surface area contributed by atoms with Gasteiger partial charge in [-0.05, 0) is 38.4 Å². The molecule has 0 bridgehead atoms. The summed E-state index contributed by atoms with van der Waals surface area (Å²) in [7, 11) is 4.04. The van der Waals surface area contributed by atoms with E-state index in [0.717, 1.165) is 38.9 Å².